The smallest absolute Gasteiger partial charge is 0.0452 e. The molecule has 1 aromatic rings. The second kappa shape index (κ2) is 4.36. The molecule has 0 saturated heterocycles. The van der Waals surface area contributed by atoms with Crippen molar-refractivity contribution in [2.75, 3.05) is 0 Å². The molecule has 0 amide bonds. The Bertz CT molecular complexity index is 378. The molecule has 2 rings (SSSR count). The van der Waals surface area contributed by atoms with E-state index in [0.717, 1.165) is 17.2 Å². The van der Waals surface area contributed by atoms with Crippen molar-refractivity contribution in [3.05, 3.63) is 33.8 Å². The third-order valence-corrected chi connectivity index (χ3v) is 4.43. The molecule has 1 aliphatic rings. The second-order valence-electron chi connectivity index (χ2n) is 4.28. The highest BCUT2D eigenvalue weighted by Gasteiger charge is 2.21. The molecule has 15 heavy (non-hydrogen) atoms. The molecule has 2 unspecified atom stereocenters. The molecule has 1 nitrogen and oxygen atoms in total. The standard InChI is InChI=1S/C12H16ClNS/c1-7-3-9-10(11(13)4-7)6-15-8(2)5-12(9)14/h3-4,8,12H,5-6,14H2,1-2H3. The molecule has 0 saturated carbocycles. The van der Waals surface area contributed by atoms with Crippen molar-refractivity contribution >= 4 is 23.4 Å². The van der Waals surface area contributed by atoms with Gasteiger partial charge in [-0.3, -0.25) is 0 Å². The van der Waals surface area contributed by atoms with Crippen molar-refractivity contribution in [1.82, 2.24) is 0 Å². The van der Waals surface area contributed by atoms with Crippen LogP contribution in [0.2, 0.25) is 5.02 Å². The van der Waals surface area contributed by atoms with E-state index < -0.39 is 0 Å². The van der Waals surface area contributed by atoms with Crippen molar-refractivity contribution in [3.8, 4) is 0 Å². The number of hydrogen-bond acceptors (Lipinski definition) is 2. The van der Waals surface area contributed by atoms with E-state index in [2.05, 4.69) is 19.9 Å². The summed E-state index contributed by atoms with van der Waals surface area (Å²) in [5.41, 5.74) is 9.89. The van der Waals surface area contributed by atoms with Gasteiger partial charge in [-0.25, -0.2) is 0 Å². The van der Waals surface area contributed by atoms with Gasteiger partial charge in [-0.05, 0) is 36.1 Å². The molecule has 0 fully saturated rings. The highest BCUT2D eigenvalue weighted by molar-refractivity contribution is 7.99. The van der Waals surface area contributed by atoms with Crippen LogP contribution in [-0.4, -0.2) is 5.25 Å². The molecule has 1 aliphatic heterocycles. The zero-order valence-corrected chi connectivity index (χ0v) is 10.7. The number of fused-ring (bicyclic) bond motifs is 1. The summed E-state index contributed by atoms with van der Waals surface area (Å²) in [6.07, 6.45) is 1.04. The van der Waals surface area contributed by atoms with Crippen LogP contribution in [0.5, 0.6) is 0 Å². The fourth-order valence-electron chi connectivity index (χ4n) is 2.06. The minimum absolute atomic E-state index is 0.141. The molecule has 2 N–H and O–H groups in total. The maximum absolute atomic E-state index is 6.26. The third kappa shape index (κ3) is 2.32. The molecule has 1 heterocycles. The fourth-order valence-corrected chi connectivity index (χ4v) is 3.60. The summed E-state index contributed by atoms with van der Waals surface area (Å²) in [6, 6.07) is 4.36. The lowest BCUT2D eigenvalue weighted by Gasteiger charge is -2.15. The van der Waals surface area contributed by atoms with Crippen LogP contribution in [0.25, 0.3) is 0 Å². The number of benzene rings is 1. The van der Waals surface area contributed by atoms with E-state index in [1.165, 1.54) is 16.7 Å². The number of halogens is 1. The summed E-state index contributed by atoms with van der Waals surface area (Å²) >= 11 is 8.21. The minimum atomic E-state index is 0.141. The van der Waals surface area contributed by atoms with Crippen LogP contribution >= 0.6 is 23.4 Å². The van der Waals surface area contributed by atoms with Crippen LogP contribution < -0.4 is 5.73 Å². The van der Waals surface area contributed by atoms with Gasteiger partial charge < -0.3 is 5.73 Å². The van der Waals surface area contributed by atoms with Crippen LogP contribution in [0, 0.1) is 6.92 Å². The van der Waals surface area contributed by atoms with Crippen LogP contribution in [0.3, 0.4) is 0 Å². The van der Waals surface area contributed by atoms with Gasteiger partial charge in [-0.2, -0.15) is 11.8 Å². The second-order valence-corrected chi connectivity index (χ2v) is 6.11. The number of hydrogen-bond donors (Lipinski definition) is 1. The number of thioether (sulfide) groups is 1. The van der Waals surface area contributed by atoms with Gasteiger partial charge in [0.05, 0.1) is 0 Å². The summed E-state index contributed by atoms with van der Waals surface area (Å²) < 4.78 is 0. The third-order valence-electron chi connectivity index (χ3n) is 2.87. The van der Waals surface area contributed by atoms with E-state index in [4.69, 9.17) is 17.3 Å². The SMILES string of the molecule is Cc1cc(Cl)c2c(c1)C(N)CC(C)SC2. The van der Waals surface area contributed by atoms with Crippen LogP contribution in [0.15, 0.2) is 12.1 Å². The first-order valence-electron chi connectivity index (χ1n) is 5.24. The number of nitrogens with two attached hydrogens (primary N) is 1. The maximum Gasteiger partial charge on any atom is 0.0452 e. The lowest BCUT2D eigenvalue weighted by atomic mass is 9.96. The van der Waals surface area contributed by atoms with Gasteiger partial charge in [0.2, 0.25) is 0 Å². The monoisotopic (exact) mass is 241 g/mol. The quantitative estimate of drug-likeness (QED) is 0.750. The van der Waals surface area contributed by atoms with Crippen LogP contribution in [0.4, 0.5) is 0 Å². The van der Waals surface area contributed by atoms with E-state index in [-0.39, 0.29) is 6.04 Å². The Balaban J connectivity index is 2.48. The van der Waals surface area contributed by atoms with Gasteiger partial charge >= 0.3 is 0 Å². The summed E-state index contributed by atoms with van der Waals surface area (Å²) in [4.78, 5) is 0. The Hall–Kier alpha value is -0.180. The predicted molar refractivity (Wildman–Crippen MR) is 68.5 cm³/mol. The highest BCUT2D eigenvalue weighted by Crippen LogP contribution is 2.37. The van der Waals surface area contributed by atoms with E-state index >= 15 is 0 Å². The average molecular weight is 242 g/mol. The first kappa shape index (κ1) is 11.3. The van der Waals surface area contributed by atoms with Gasteiger partial charge in [-0.1, -0.05) is 24.6 Å². The number of aryl methyl sites for hydroxylation is 1. The van der Waals surface area contributed by atoms with E-state index in [1.807, 2.05) is 17.8 Å². The van der Waals surface area contributed by atoms with Crippen molar-refractivity contribution in [1.29, 1.82) is 0 Å². The Morgan fingerprint density at radius 1 is 1.47 bits per heavy atom. The highest BCUT2D eigenvalue weighted by atomic mass is 35.5. The lowest BCUT2D eigenvalue weighted by Crippen LogP contribution is -2.14. The summed E-state index contributed by atoms with van der Waals surface area (Å²) in [7, 11) is 0. The van der Waals surface area contributed by atoms with Crippen molar-refractivity contribution in [3.63, 3.8) is 0 Å². The minimum Gasteiger partial charge on any atom is -0.324 e. The van der Waals surface area contributed by atoms with Gasteiger partial charge in [0.15, 0.2) is 0 Å². The van der Waals surface area contributed by atoms with Crippen molar-refractivity contribution in [2.45, 2.75) is 37.3 Å². The maximum atomic E-state index is 6.26. The van der Waals surface area contributed by atoms with Gasteiger partial charge in [0.25, 0.3) is 0 Å². The fraction of sp³-hybridized carbons (Fsp3) is 0.500. The molecular weight excluding hydrogens is 226 g/mol. The molecule has 0 aliphatic carbocycles. The molecule has 2 atom stereocenters. The summed E-state index contributed by atoms with van der Waals surface area (Å²) in [6.45, 7) is 4.30. The summed E-state index contributed by atoms with van der Waals surface area (Å²) in [5, 5.41) is 1.49. The van der Waals surface area contributed by atoms with Gasteiger partial charge in [0, 0.05) is 22.1 Å². The first-order chi connectivity index (χ1) is 7.08. The van der Waals surface area contributed by atoms with E-state index in [1.54, 1.807) is 0 Å². The number of rotatable bonds is 0. The largest absolute Gasteiger partial charge is 0.324 e. The Labute approximate surface area is 100 Å². The molecule has 0 radical (unpaired) electrons. The van der Waals surface area contributed by atoms with Crippen molar-refractivity contribution < 1.29 is 0 Å². The van der Waals surface area contributed by atoms with Crippen LogP contribution in [0.1, 0.15) is 36.1 Å². The molecule has 1 aromatic carbocycles. The van der Waals surface area contributed by atoms with E-state index in [0.29, 0.717) is 5.25 Å². The zero-order valence-electron chi connectivity index (χ0n) is 9.09. The average Bonchev–Trinajstić information content (AvgIpc) is 2.27. The topological polar surface area (TPSA) is 26.0 Å². The van der Waals surface area contributed by atoms with Gasteiger partial charge in [-0.15, -0.1) is 0 Å². The normalized spacial score (nSPS) is 25.9. The van der Waals surface area contributed by atoms with E-state index in [9.17, 15) is 0 Å². The Kier molecular flexibility index (Phi) is 3.29. The molecule has 3 heteroatoms. The molecular formula is C12H16ClNS. The first-order valence-corrected chi connectivity index (χ1v) is 6.66. The predicted octanol–water partition coefficient (Wildman–Crippen LogP) is 3.67. The summed E-state index contributed by atoms with van der Waals surface area (Å²) in [5.74, 6) is 0.989. The lowest BCUT2D eigenvalue weighted by molar-refractivity contribution is 0.650. The Morgan fingerprint density at radius 2 is 2.20 bits per heavy atom. The van der Waals surface area contributed by atoms with Crippen LogP contribution in [-0.2, 0) is 5.75 Å². The molecule has 0 aromatic heterocycles. The Morgan fingerprint density at radius 3 is 2.93 bits per heavy atom. The molecule has 82 valence electrons. The van der Waals surface area contributed by atoms with Crippen molar-refractivity contribution in [2.24, 2.45) is 5.73 Å². The molecule has 0 bridgehead atoms. The molecule has 0 spiro atoms. The van der Waals surface area contributed by atoms with Gasteiger partial charge in [0.1, 0.15) is 0 Å². The zero-order chi connectivity index (χ0) is 11.0.